The molecule has 0 aromatic heterocycles. The first-order valence-corrected chi connectivity index (χ1v) is 11.0. The molecule has 1 saturated carbocycles. The van der Waals surface area contributed by atoms with Crippen molar-refractivity contribution in [3.63, 3.8) is 0 Å². The molecule has 148 valence electrons. The van der Waals surface area contributed by atoms with Crippen molar-refractivity contribution in [3.8, 4) is 11.5 Å². The van der Waals surface area contributed by atoms with Gasteiger partial charge in [-0.05, 0) is 93.9 Å². The number of hydrogen-bond acceptors (Lipinski definition) is 4. The summed E-state index contributed by atoms with van der Waals surface area (Å²) in [6.45, 7) is 3.98. The molecule has 2 atom stereocenters. The lowest BCUT2D eigenvalue weighted by Crippen LogP contribution is -2.27. The number of aliphatic imine (C=N–C) groups is 2. The maximum absolute atomic E-state index is 10.3. The molecule has 1 fully saturated rings. The molecule has 6 heteroatoms. The summed E-state index contributed by atoms with van der Waals surface area (Å²) in [5.41, 5.74) is 3.54. The number of phenols is 2. The number of nitrogens with zero attached hydrogens (tertiary/aromatic N) is 2. The highest BCUT2D eigenvalue weighted by atomic mass is 79.9. The molecule has 0 saturated heterocycles. The second-order valence-corrected chi connectivity index (χ2v) is 9.05. The zero-order valence-electron chi connectivity index (χ0n) is 16.0. The molecule has 1 aliphatic carbocycles. The van der Waals surface area contributed by atoms with Gasteiger partial charge in [0.15, 0.2) is 0 Å². The summed E-state index contributed by atoms with van der Waals surface area (Å²) < 4.78 is 1.35. The quantitative estimate of drug-likeness (QED) is 0.492. The average molecular weight is 508 g/mol. The molecule has 2 aromatic carbocycles. The second-order valence-electron chi connectivity index (χ2n) is 7.34. The van der Waals surface area contributed by atoms with Gasteiger partial charge in [0, 0.05) is 23.6 Å². The van der Waals surface area contributed by atoms with Crippen LogP contribution in [0, 0.1) is 13.8 Å². The van der Waals surface area contributed by atoms with Gasteiger partial charge in [-0.25, -0.2) is 0 Å². The summed E-state index contributed by atoms with van der Waals surface area (Å²) in [6.07, 6.45) is 7.70. The Bertz CT molecular complexity index is 850. The first kappa shape index (κ1) is 21.1. The third-order valence-corrected chi connectivity index (χ3v) is 6.19. The smallest absolute Gasteiger partial charge is 0.138 e. The Morgan fingerprint density at radius 2 is 1.18 bits per heavy atom. The van der Waals surface area contributed by atoms with E-state index < -0.39 is 0 Å². The molecule has 0 heterocycles. The molecule has 28 heavy (non-hydrogen) atoms. The Hall–Kier alpha value is -1.66. The van der Waals surface area contributed by atoms with Crippen molar-refractivity contribution in [3.05, 3.63) is 55.5 Å². The number of phenolic OH excluding ortho intramolecular Hbond substituents is 2. The van der Waals surface area contributed by atoms with Gasteiger partial charge in [-0.2, -0.15) is 0 Å². The first-order chi connectivity index (χ1) is 13.3. The van der Waals surface area contributed by atoms with Crippen molar-refractivity contribution in [2.45, 2.75) is 51.6 Å². The van der Waals surface area contributed by atoms with Crippen LogP contribution in [0.4, 0.5) is 0 Å². The van der Waals surface area contributed by atoms with Gasteiger partial charge in [0.1, 0.15) is 11.5 Å². The number of rotatable bonds is 4. The van der Waals surface area contributed by atoms with E-state index in [4.69, 9.17) is 9.98 Å². The van der Waals surface area contributed by atoms with Gasteiger partial charge in [-0.1, -0.05) is 12.8 Å². The Labute approximate surface area is 182 Å². The summed E-state index contributed by atoms with van der Waals surface area (Å²) in [5.74, 6) is 0.416. The fraction of sp³-hybridized carbons (Fsp3) is 0.364. The van der Waals surface area contributed by atoms with E-state index in [0.29, 0.717) is 20.1 Å². The monoisotopic (exact) mass is 506 g/mol. The van der Waals surface area contributed by atoms with Crippen LogP contribution in [-0.4, -0.2) is 34.7 Å². The SMILES string of the molecule is Cc1cc(Br)c(O)c(C=N[C@@H]2CCCC[C@H]2N=Cc2cc(C)cc(Br)c2O)c1. The van der Waals surface area contributed by atoms with E-state index in [-0.39, 0.29) is 23.6 Å². The Morgan fingerprint density at radius 1 is 0.786 bits per heavy atom. The van der Waals surface area contributed by atoms with Crippen LogP contribution in [0.1, 0.15) is 47.9 Å². The first-order valence-electron chi connectivity index (χ1n) is 9.39. The lowest BCUT2D eigenvalue weighted by atomic mass is 9.91. The molecule has 1 aliphatic rings. The number of aromatic hydroxyl groups is 2. The minimum absolute atomic E-state index is 0.0686. The van der Waals surface area contributed by atoms with Crippen LogP contribution in [0.25, 0.3) is 0 Å². The number of benzene rings is 2. The maximum Gasteiger partial charge on any atom is 0.138 e. The summed E-state index contributed by atoms with van der Waals surface area (Å²) in [5, 5.41) is 20.5. The highest BCUT2D eigenvalue weighted by Crippen LogP contribution is 2.31. The van der Waals surface area contributed by atoms with Crippen LogP contribution in [0.5, 0.6) is 11.5 Å². The highest BCUT2D eigenvalue weighted by molar-refractivity contribution is 9.10. The molecule has 0 bridgehead atoms. The predicted molar refractivity (Wildman–Crippen MR) is 122 cm³/mol. The minimum atomic E-state index is 0.0686. The molecule has 2 N–H and O–H groups in total. The van der Waals surface area contributed by atoms with Crippen molar-refractivity contribution in [1.82, 2.24) is 0 Å². The third-order valence-electron chi connectivity index (χ3n) is 4.98. The van der Waals surface area contributed by atoms with Crippen molar-refractivity contribution in [2.24, 2.45) is 9.98 Å². The van der Waals surface area contributed by atoms with Crippen molar-refractivity contribution < 1.29 is 10.2 Å². The topological polar surface area (TPSA) is 65.2 Å². The molecular weight excluding hydrogens is 484 g/mol. The van der Waals surface area contributed by atoms with Crippen LogP contribution in [-0.2, 0) is 0 Å². The Kier molecular flexibility index (Phi) is 6.94. The van der Waals surface area contributed by atoms with Crippen LogP contribution >= 0.6 is 31.9 Å². The average Bonchev–Trinajstić information content (AvgIpc) is 2.65. The number of aryl methyl sites for hydroxylation is 2. The van der Waals surface area contributed by atoms with Crippen LogP contribution < -0.4 is 0 Å². The summed E-state index contributed by atoms with van der Waals surface area (Å²) in [7, 11) is 0. The predicted octanol–water partition coefficient (Wildman–Crippen LogP) is 6.09. The van der Waals surface area contributed by atoms with E-state index in [2.05, 4.69) is 31.9 Å². The molecule has 0 radical (unpaired) electrons. The van der Waals surface area contributed by atoms with Gasteiger partial charge < -0.3 is 10.2 Å². The molecule has 0 spiro atoms. The summed E-state index contributed by atoms with van der Waals surface area (Å²) >= 11 is 6.76. The summed E-state index contributed by atoms with van der Waals surface area (Å²) in [4.78, 5) is 9.51. The van der Waals surface area contributed by atoms with Crippen molar-refractivity contribution in [1.29, 1.82) is 0 Å². The third kappa shape index (κ3) is 5.03. The lowest BCUT2D eigenvalue weighted by Gasteiger charge is -2.25. The van der Waals surface area contributed by atoms with E-state index in [9.17, 15) is 10.2 Å². The van der Waals surface area contributed by atoms with Crippen molar-refractivity contribution >= 4 is 44.3 Å². The van der Waals surface area contributed by atoms with Crippen LogP contribution in [0.15, 0.2) is 43.2 Å². The molecular formula is C22H24Br2N2O2. The normalized spacial score (nSPS) is 20.3. The van der Waals surface area contributed by atoms with Gasteiger partial charge in [0.25, 0.3) is 0 Å². The number of hydrogen-bond donors (Lipinski definition) is 2. The highest BCUT2D eigenvalue weighted by Gasteiger charge is 2.23. The zero-order chi connectivity index (χ0) is 20.3. The fourth-order valence-corrected chi connectivity index (χ4v) is 4.69. The standard InChI is InChI=1S/C22H24Br2N2O2/c1-13-7-15(21(27)17(23)9-13)11-25-19-5-3-4-6-20(19)26-12-16-8-14(2)10-18(24)22(16)28/h7-12,19-20,27-28H,3-6H2,1-2H3/t19-,20-/m1/s1. The zero-order valence-corrected chi connectivity index (χ0v) is 19.2. The van der Waals surface area contributed by atoms with Gasteiger partial charge in [-0.15, -0.1) is 0 Å². The maximum atomic E-state index is 10.3. The van der Waals surface area contributed by atoms with E-state index >= 15 is 0 Å². The van der Waals surface area contributed by atoms with Crippen molar-refractivity contribution in [2.75, 3.05) is 0 Å². The van der Waals surface area contributed by atoms with Gasteiger partial charge in [0.05, 0.1) is 21.0 Å². The van der Waals surface area contributed by atoms with Gasteiger partial charge in [0.2, 0.25) is 0 Å². The van der Waals surface area contributed by atoms with E-state index in [0.717, 1.165) is 36.8 Å². The molecule has 0 amide bonds. The summed E-state index contributed by atoms with van der Waals surface area (Å²) in [6, 6.07) is 7.75. The molecule has 0 unspecified atom stereocenters. The molecule has 0 aliphatic heterocycles. The molecule has 4 nitrogen and oxygen atoms in total. The van der Waals surface area contributed by atoms with Crippen LogP contribution in [0.3, 0.4) is 0 Å². The molecule has 2 aromatic rings. The van der Waals surface area contributed by atoms with E-state index in [1.54, 1.807) is 12.4 Å². The van der Waals surface area contributed by atoms with E-state index in [1.807, 2.05) is 38.1 Å². The minimum Gasteiger partial charge on any atom is -0.506 e. The Balaban J connectivity index is 1.82. The lowest BCUT2D eigenvalue weighted by molar-refractivity contribution is 0.390. The molecule has 3 rings (SSSR count). The van der Waals surface area contributed by atoms with E-state index in [1.165, 1.54) is 0 Å². The second kappa shape index (κ2) is 9.23. The van der Waals surface area contributed by atoms with Gasteiger partial charge >= 0.3 is 0 Å². The van der Waals surface area contributed by atoms with Gasteiger partial charge in [-0.3, -0.25) is 9.98 Å². The largest absolute Gasteiger partial charge is 0.506 e. The Morgan fingerprint density at radius 3 is 1.57 bits per heavy atom. The fourth-order valence-electron chi connectivity index (χ4n) is 3.51. The number of halogens is 2. The van der Waals surface area contributed by atoms with Crippen LogP contribution in [0.2, 0.25) is 0 Å².